The standard InChI is InChI=1S/C19H20N4OS/c1-12-6-9-16(10-7-12)18(24)15(4)25-19-20-21-22-23(19)17-11-13(2)5-8-14(17)3/h5-11,15H,1-4H3/t15-/m0/s1. The number of thioether (sulfide) groups is 1. The Hall–Kier alpha value is -2.47. The topological polar surface area (TPSA) is 60.7 Å². The van der Waals surface area contributed by atoms with Crippen molar-refractivity contribution < 1.29 is 4.79 Å². The zero-order valence-corrected chi connectivity index (χ0v) is 15.5. The highest BCUT2D eigenvalue weighted by molar-refractivity contribution is 8.00. The van der Waals surface area contributed by atoms with Crippen LogP contribution in [0.15, 0.2) is 47.6 Å². The summed E-state index contributed by atoms with van der Waals surface area (Å²) in [6.45, 7) is 7.94. The van der Waals surface area contributed by atoms with Crippen LogP contribution in [-0.4, -0.2) is 31.2 Å². The Kier molecular flexibility index (Phi) is 4.99. The Morgan fingerprint density at radius 1 is 1.04 bits per heavy atom. The van der Waals surface area contributed by atoms with Crippen LogP contribution in [0.5, 0.6) is 0 Å². The van der Waals surface area contributed by atoms with Crippen LogP contribution in [0.3, 0.4) is 0 Å². The van der Waals surface area contributed by atoms with Crippen LogP contribution in [0.25, 0.3) is 5.69 Å². The molecule has 0 N–H and O–H groups in total. The van der Waals surface area contributed by atoms with Gasteiger partial charge in [-0.2, -0.15) is 4.68 Å². The molecule has 3 aromatic rings. The zero-order chi connectivity index (χ0) is 18.0. The number of carbonyl (C=O) groups is 1. The molecule has 5 nitrogen and oxygen atoms in total. The summed E-state index contributed by atoms with van der Waals surface area (Å²) in [6, 6.07) is 13.8. The molecule has 3 rings (SSSR count). The van der Waals surface area contributed by atoms with Crippen LogP contribution < -0.4 is 0 Å². The molecule has 0 radical (unpaired) electrons. The summed E-state index contributed by atoms with van der Waals surface area (Å²) in [6.07, 6.45) is 0. The fraction of sp³-hybridized carbons (Fsp3) is 0.263. The van der Waals surface area contributed by atoms with Gasteiger partial charge in [-0.05, 0) is 55.3 Å². The quantitative estimate of drug-likeness (QED) is 0.514. The maximum atomic E-state index is 12.7. The molecular formula is C19H20N4OS. The van der Waals surface area contributed by atoms with Gasteiger partial charge in [0, 0.05) is 5.56 Å². The van der Waals surface area contributed by atoms with E-state index in [1.807, 2.05) is 64.1 Å². The van der Waals surface area contributed by atoms with Crippen molar-refractivity contribution in [2.75, 3.05) is 0 Å². The second kappa shape index (κ2) is 7.19. The predicted molar refractivity (Wildman–Crippen MR) is 99.5 cm³/mol. The summed E-state index contributed by atoms with van der Waals surface area (Å²) >= 11 is 1.37. The SMILES string of the molecule is Cc1ccc(C(=O)[C@H](C)Sc2nnnn2-c2cc(C)ccc2C)cc1. The molecule has 0 aliphatic heterocycles. The minimum Gasteiger partial charge on any atom is -0.293 e. The van der Waals surface area contributed by atoms with Crippen molar-refractivity contribution in [1.29, 1.82) is 0 Å². The first-order valence-corrected chi connectivity index (χ1v) is 8.97. The van der Waals surface area contributed by atoms with Crippen molar-refractivity contribution in [3.05, 3.63) is 64.7 Å². The molecule has 0 unspecified atom stereocenters. The van der Waals surface area contributed by atoms with Gasteiger partial charge in [0.05, 0.1) is 10.9 Å². The van der Waals surface area contributed by atoms with Crippen LogP contribution in [0.2, 0.25) is 0 Å². The Labute approximate surface area is 151 Å². The van der Waals surface area contributed by atoms with E-state index in [9.17, 15) is 4.79 Å². The molecule has 0 saturated carbocycles. The molecule has 2 aromatic carbocycles. The average molecular weight is 352 g/mol. The molecule has 1 aromatic heterocycles. The average Bonchev–Trinajstić information content (AvgIpc) is 3.05. The number of carbonyl (C=O) groups excluding carboxylic acids is 1. The number of ketones is 1. The smallest absolute Gasteiger partial charge is 0.214 e. The molecule has 0 amide bonds. The maximum absolute atomic E-state index is 12.7. The maximum Gasteiger partial charge on any atom is 0.214 e. The number of aryl methyl sites for hydroxylation is 3. The summed E-state index contributed by atoms with van der Waals surface area (Å²) < 4.78 is 1.70. The number of aromatic nitrogens is 4. The van der Waals surface area contributed by atoms with Gasteiger partial charge >= 0.3 is 0 Å². The number of benzene rings is 2. The summed E-state index contributed by atoms with van der Waals surface area (Å²) in [7, 11) is 0. The summed E-state index contributed by atoms with van der Waals surface area (Å²) in [5, 5.41) is 12.3. The Morgan fingerprint density at radius 2 is 1.72 bits per heavy atom. The first-order valence-electron chi connectivity index (χ1n) is 8.09. The first-order chi connectivity index (χ1) is 12.0. The van der Waals surface area contributed by atoms with E-state index in [4.69, 9.17) is 0 Å². The van der Waals surface area contributed by atoms with Crippen LogP contribution in [0.4, 0.5) is 0 Å². The summed E-state index contributed by atoms with van der Waals surface area (Å²) in [4.78, 5) is 12.7. The van der Waals surface area contributed by atoms with Crippen molar-refractivity contribution in [1.82, 2.24) is 20.2 Å². The van der Waals surface area contributed by atoms with Crippen molar-refractivity contribution in [2.45, 2.75) is 38.1 Å². The number of rotatable bonds is 5. The fourth-order valence-electron chi connectivity index (χ4n) is 2.52. The first kappa shape index (κ1) is 17.4. The lowest BCUT2D eigenvalue weighted by atomic mass is 10.1. The predicted octanol–water partition coefficient (Wildman–Crippen LogP) is 3.95. The van der Waals surface area contributed by atoms with E-state index >= 15 is 0 Å². The van der Waals surface area contributed by atoms with Gasteiger partial charge in [0.1, 0.15) is 0 Å². The lowest BCUT2D eigenvalue weighted by Gasteiger charge is -2.12. The second-order valence-electron chi connectivity index (χ2n) is 6.15. The zero-order valence-electron chi connectivity index (χ0n) is 14.7. The van der Waals surface area contributed by atoms with E-state index in [0.717, 1.165) is 22.4 Å². The molecule has 6 heteroatoms. The van der Waals surface area contributed by atoms with Crippen LogP contribution in [-0.2, 0) is 0 Å². The van der Waals surface area contributed by atoms with Crippen LogP contribution in [0, 0.1) is 20.8 Å². The van der Waals surface area contributed by atoms with E-state index in [1.165, 1.54) is 11.8 Å². The van der Waals surface area contributed by atoms with Crippen LogP contribution >= 0.6 is 11.8 Å². The van der Waals surface area contributed by atoms with E-state index in [1.54, 1.807) is 4.68 Å². The summed E-state index contributed by atoms with van der Waals surface area (Å²) in [5.41, 5.74) is 4.99. The number of Topliss-reactive ketones (excluding diaryl/α,β-unsaturated/α-hetero) is 1. The fourth-order valence-corrected chi connectivity index (χ4v) is 3.39. The summed E-state index contributed by atoms with van der Waals surface area (Å²) in [5.74, 6) is 0.0699. The van der Waals surface area contributed by atoms with E-state index in [-0.39, 0.29) is 11.0 Å². The number of hydrogen-bond acceptors (Lipinski definition) is 5. The molecule has 0 spiro atoms. The highest BCUT2D eigenvalue weighted by atomic mass is 32.2. The molecule has 128 valence electrons. The largest absolute Gasteiger partial charge is 0.293 e. The van der Waals surface area contributed by atoms with Gasteiger partial charge in [0.2, 0.25) is 5.16 Å². The second-order valence-corrected chi connectivity index (χ2v) is 7.46. The Bertz CT molecular complexity index is 902. The van der Waals surface area contributed by atoms with Gasteiger partial charge in [-0.15, -0.1) is 5.10 Å². The third-order valence-electron chi connectivity index (χ3n) is 4.02. The van der Waals surface area contributed by atoms with Crippen LogP contribution in [0.1, 0.15) is 34.0 Å². The number of hydrogen-bond donors (Lipinski definition) is 0. The van der Waals surface area contributed by atoms with E-state index < -0.39 is 0 Å². The Morgan fingerprint density at radius 3 is 2.44 bits per heavy atom. The van der Waals surface area contributed by atoms with Gasteiger partial charge in [0.25, 0.3) is 0 Å². The minimum atomic E-state index is -0.280. The highest BCUT2D eigenvalue weighted by Gasteiger charge is 2.21. The van der Waals surface area contributed by atoms with Gasteiger partial charge in [-0.1, -0.05) is 53.7 Å². The van der Waals surface area contributed by atoms with Gasteiger partial charge in [-0.25, -0.2) is 0 Å². The third-order valence-corrected chi connectivity index (χ3v) is 5.05. The molecule has 1 atom stereocenters. The lowest BCUT2D eigenvalue weighted by Crippen LogP contribution is -2.15. The normalized spacial score (nSPS) is 12.2. The molecule has 0 saturated heterocycles. The third kappa shape index (κ3) is 3.79. The molecule has 0 bridgehead atoms. The Balaban J connectivity index is 1.84. The van der Waals surface area contributed by atoms with Crippen molar-refractivity contribution >= 4 is 17.5 Å². The van der Waals surface area contributed by atoms with E-state index in [2.05, 4.69) is 21.6 Å². The van der Waals surface area contributed by atoms with E-state index in [0.29, 0.717) is 10.7 Å². The molecule has 0 aliphatic rings. The van der Waals surface area contributed by atoms with Gasteiger partial charge in [0.15, 0.2) is 5.78 Å². The number of tetrazole rings is 1. The highest BCUT2D eigenvalue weighted by Crippen LogP contribution is 2.26. The molecule has 1 heterocycles. The van der Waals surface area contributed by atoms with Gasteiger partial charge < -0.3 is 0 Å². The number of nitrogens with zero attached hydrogens (tertiary/aromatic N) is 4. The molecular weight excluding hydrogens is 332 g/mol. The monoisotopic (exact) mass is 352 g/mol. The van der Waals surface area contributed by atoms with Crippen molar-refractivity contribution in [2.24, 2.45) is 0 Å². The molecule has 0 fully saturated rings. The lowest BCUT2D eigenvalue weighted by molar-refractivity contribution is 0.0994. The van der Waals surface area contributed by atoms with Crippen molar-refractivity contribution in [3.63, 3.8) is 0 Å². The molecule has 0 aliphatic carbocycles. The van der Waals surface area contributed by atoms with Crippen molar-refractivity contribution in [3.8, 4) is 5.69 Å². The minimum absolute atomic E-state index is 0.0699. The molecule has 25 heavy (non-hydrogen) atoms. The van der Waals surface area contributed by atoms with Gasteiger partial charge in [-0.3, -0.25) is 4.79 Å².